The lowest BCUT2D eigenvalue weighted by Crippen LogP contribution is -2.42. The molecule has 1 heterocycles. The summed E-state index contributed by atoms with van der Waals surface area (Å²) in [6, 6.07) is 0. The molecule has 0 aromatic rings. The molecule has 5 heteroatoms. The van der Waals surface area contributed by atoms with Crippen molar-refractivity contribution in [1.29, 1.82) is 0 Å². The van der Waals surface area contributed by atoms with E-state index in [1.807, 2.05) is 31.4 Å². The minimum Gasteiger partial charge on any atom is -0.372 e. The highest BCUT2D eigenvalue weighted by Gasteiger charge is 2.08. The number of piperazine rings is 1. The van der Waals surface area contributed by atoms with Crippen LogP contribution in [0.3, 0.4) is 0 Å². The van der Waals surface area contributed by atoms with Crippen molar-refractivity contribution in [3.8, 4) is 0 Å². The lowest BCUT2D eigenvalue weighted by Gasteiger charge is -2.29. The molecule has 0 unspecified atom stereocenters. The second kappa shape index (κ2) is 6.96. The van der Waals surface area contributed by atoms with Crippen molar-refractivity contribution < 1.29 is 0 Å². The Morgan fingerprint density at radius 2 is 2.00 bits per heavy atom. The van der Waals surface area contributed by atoms with Gasteiger partial charge in [0.15, 0.2) is 0 Å². The Labute approximate surface area is 104 Å². The molecule has 1 fully saturated rings. The van der Waals surface area contributed by atoms with Gasteiger partial charge in [-0.1, -0.05) is 6.58 Å². The molecule has 96 valence electrons. The fourth-order valence-corrected chi connectivity index (χ4v) is 1.56. The molecule has 1 aliphatic heterocycles. The zero-order valence-electron chi connectivity index (χ0n) is 11.1. The van der Waals surface area contributed by atoms with Gasteiger partial charge in [-0.2, -0.15) is 5.10 Å². The third kappa shape index (κ3) is 4.48. The fraction of sp³-hybridized carbons (Fsp3) is 0.583. The molecule has 0 aromatic carbocycles. The Bertz CT molecular complexity index is 291. The van der Waals surface area contributed by atoms with Crippen LogP contribution in [0.5, 0.6) is 0 Å². The zero-order chi connectivity index (χ0) is 12.7. The zero-order valence-corrected chi connectivity index (χ0v) is 11.1. The first kappa shape index (κ1) is 13.6. The van der Waals surface area contributed by atoms with Crippen LogP contribution >= 0.6 is 0 Å². The first-order valence-corrected chi connectivity index (χ1v) is 5.90. The van der Waals surface area contributed by atoms with Crippen molar-refractivity contribution in [2.75, 3.05) is 40.3 Å². The first-order chi connectivity index (χ1) is 8.15. The maximum absolute atomic E-state index is 4.27. The second-order valence-electron chi connectivity index (χ2n) is 4.06. The summed E-state index contributed by atoms with van der Waals surface area (Å²) < 4.78 is 0. The largest absolute Gasteiger partial charge is 0.372 e. The molecule has 0 atom stereocenters. The molecule has 1 N–H and O–H groups in total. The molecular weight excluding hydrogens is 214 g/mol. The Morgan fingerprint density at radius 1 is 1.35 bits per heavy atom. The summed E-state index contributed by atoms with van der Waals surface area (Å²) >= 11 is 0. The molecule has 1 aliphatic rings. The Morgan fingerprint density at radius 3 is 2.59 bits per heavy atom. The van der Waals surface area contributed by atoms with Crippen LogP contribution < -0.4 is 5.32 Å². The number of nitrogens with zero attached hydrogens (tertiary/aromatic N) is 4. The van der Waals surface area contributed by atoms with Crippen LogP contribution in [-0.4, -0.2) is 61.5 Å². The number of hydrazine groups is 1. The average molecular weight is 237 g/mol. The summed E-state index contributed by atoms with van der Waals surface area (Å²) in [5, 5.41) is 11.2. The molecule has 0 radical (unpaired) electrons. The van der Waals surface area contributed by atoms with E-state index in [9.17, 15) is 0 Å². The van der Waals surface area contributed by atoms with Gasteiger partial charge in [-0.25, -0.2) is 5.12 Å². The minimum absolute atomic E-state index is 1.06. The van der Waals surface area contributed by atoms with Gasteiger partial charge in [0, 0.05) is 52.2 Å². The maximum atomic E-state index is 4.27. The average Bonchev–Trinajstić information content (AvgIpc) is 2.38. The van der Waals surface area contributed by atoms with Crippen LogP contribution in [0.15, 0.2) is 29.7 Å². The molecule has 0 aliphatic carbocycles. The van der Waals surface area contributed by atoms with E-state index in [2.05, 4.69) is 28.8 Å². The van der Waals surface area contributed by atoms with Crippen LogP contribution in [0.1, 0.15) is 6.92 Å². The van der Waals surface area contributed by atoms with Gasteiger partial charge < -0.3 is 10.2 Å². The Balaban J connectivity index is 2.45. The van der Waals surface area contributed by atoms with Crippen molar-refractivity contribution in [3.63, 3.8) is 0 Å². The van der Waals surface area contributed by atoms with Gasteiger partial charge in [0.25, 0.3) is 0 Å². The molecule has 0 saturated carbocycles. The lowest BCUT2D eigenvalue weighted by atomic mass is 10.3. The van der Waals surface area contributed by atoms with Crippen LogP contribution in [-0.2, 0) is 0 Å². The van der Waals surface area contributed by atoms with E-state index in [1.165, 1.54) is 5.70 Å². The summed E-state index contributed by atoms with van der Waals surface area (Å²) in [4.78, 5) is 2.36. The van der Waals surface area contributed by atoms with E-state index >= 15 is 0 Å². The number of allylic oxidation sites excluding steroid dienone is 2. The highest BCUT2D eigenvalue weighted by molar-refractivity contribution is 5.71. The molecule has 5 nitrogen and oxygen atoms in total. The van der Waals surface area contributed by atoms with Crippen molar-refractivity contribution >= 4 is 6.21 Å². The number of hydrazone groups is 1. The normalized spacial score (nSPS) is 17.4. The van der Waals surface area contributed by atoms with Gasteiger partial charge in [0.1, 0.15) is 0 Å². The van der Waals surface area contributed by atoms with E-state index in [0.29, 0.717) is 0 Å². The van der Waals surface area contributed by atoms with E-state index < -0.39 is 0 Å². The SMILES string of the molecule is C=CN(C)N(C)/N=C\C=C(/C)N1CCNCC1. The topological polar surface area (TPSA) is 34.1 Å². The second-order valence-corrected chi connectivity index (χ2v) is 4.06. The van der Waals surface area contributed by atoms with Gasteiger partial charge >= 0.3 is 0 Å². The minimum atomic E-state index is 1.06. The number of rotatable bonds is 5. The number of hydrogen-bond acceptors (Lipinski definition) is 5. The third-order valence-corrected chi connectivity index (χ3v) is 2.89. The molecule has 1 rings (SSSR count). The van der Waals surface area contributed by atoms with Crippen molar-refractivity contribution in [2.45, 2.75) is 6.92 Å². The van der Waals surface area contributed by atoms with Gasteiger partial charge in [0.2, 0.25) is 0 Å². The highest BCUT2D eigenvalue weighted by atomic mass is 15.7. The van der Waals surface area contributed by atoms with E-state index in [0.717, 1.165) is 26.2 Å². The summed E-state index contributed by atoms with van der Waals surface area (Å²) in [6.07, 6.45) is 5.57. The third-order valence-electron chi connectivity index (χ3n) is 2.89. The molecule has 0 aromatic heterocycles. The Hall–Kier alpha value is -1.49. The summed E-state index contributed by atoms with van der Waals surface area (Å²) in [6.45, 7) is 10.0. The fourth-order valence-electron chi connectivity index (χ4n) is 1.56. The molecular formula is C12H23N5. The smallest absolute Gasteiger partial charge is 0.0507 e. The van der Waals surface area contributed by atoms with E-state index in [4.69, 9.17) is 0 Å². The first-order valence-electron chi connectivity index (χ1n) is 5.90. The summed E-state index contributed by atoms with van der Waals surface area (Å²) in [5.74, 6) is 0. The van der Waals surface area contributed by atoms with Crippen LogP contribution in [0.4, 0.5) is 0 Å². The number of nitrogens with one attached hydrogen (secondary N) is 1. The lowest BCUT2D eigenvalue weighted by molar-refractivity contribution is 0.0864. The summed E-state index contributed by atoms with van der Waals surface area (Å²) in [5.41, 5.74) is 1.25. The van der Waals surface area contributed by atoms with E-state index in [1.54, 1.807) is 11.3 Å². The van der Waals surface area contributed by atoms with Gasteiger partial charge in [-0.05, 0) is 13.0 Å². The number of hydrogen-bond donors (Lipinski definition) is 1. The van der Waals surface area contributed by atoms with Crippen LogP contribution in [0.2, 0.25) is 0 Å². The van der Waals surface area contributed by atoms with Crippen molar-refractivity contribution in [3.05, 3.63) is 24.6 Å². The quantitative estimate of drug-likeness (QED) is 0.564. The van der Waals surface area contributed by atoms with Gasteiger partial charge in [-0.15, -0.1) is 0 Å². The summed E-state index contributed by atoms with van der Waals surface area (Å²) in [7, 11) is 3.78. The molecule has 0 amide bonds. The maximum Gasteiger partial charge on any atom is 0.0507 e. The Kier molecular flexibility index (Phi) is 5.56. The molecule has 17 heavy (non-hydrogen) atoms. The van der Waals surface area contributed by atoms with Crippen molar-refractivity contribution in [2.24, 2.45) is 5.10 Å². The van der Waals surface area contributed by atoms with E-state index in [-0.39, 0.29) is 0 Å². The highest BCUT2D eigenvalue weighted by Crippen LogP contribution is 2.03. The van der Waals surface area contributed by atoms with Crippen LogP contribution in [0.25, 0.3) is 0 Å². The monoisotopic (exact) mass is 237 g/mol. The predicted octanol–water partition coefficient (Wildman–Crippen LogP) is 0.703. The van der Waals surface area contributed by atoms with Crippen molar-refractivity contribution in [1.82, 2.24) is 20.3 Å². The standard InChI is InChI=1S/C12H23N5/c1-5-15(3)16(4)14-7-6-12(2)17-10-8-13-9-11-17/h5-7,13H,1,8-11H2,2-4H3/b12-6+,14-7-. The molecule has 0 spiro atoms. The van der Waals surface area contributed by atoms with Gasteiger partial charge in [0.05, 0.1) is 6.21 Å². The van der Waals surface area contributed by atoms with Crippen LogP contribution in [0, 0.1) is 0 Å². The predicted molar refractivity (Wildman–Crippen MR) is 72.4 cm³/mol. The molecule has 1 saturated heterocycles. The van der Waals surface area contributed by atoms with Gasteiger partial charge in [-0.3, -0.25) is 5.01 Å². The molecule has 0 bridgehead atoms.